The van der Waals surface area contributed by atoms with E-state index in [1.54, 1.807) is 60.7 Å². The summed E-state index contributed by atoms with van der Waals surface area (Å²) in [5.74, 6) is -1.91. The van der Waals surface area contributed by atoms with E-state index in [4.69, 9.17) is 23.2 Å². The van der Waals surface area contributed by atoms with Crippen LogP contribution in [0.3, 0.4) is 0 Å². The molecule has 6 N–H and O–H groups in total. The Hall–Kier alpha value is -4.70. The summed E-state index contributed by atoms with van der Waals surface area (Å²) in [6, 6.07) is 24.6. The molecule has 0 aliphatic heterocycles. The van der Waals surface area contributed by atoms with Gasteiger partial charge >= 0.3 is 0 Å². The number of Topliss-reactive ketones (excluding diaryl/α,β-unsaturated/α-hetero) is 2. The molecule has 0 heterocycles. The fourth-order valence-corrected chi connectivity index (χ4v) is 6.15. The Morgan fingerprint density at radius 2 is 0.826 bits per heavy atom. The van der Waals surface area contributed by atoms with Crippen molar-refractivity contribution in [1.29, 1.82) is 0 Å². The highest BCUT2D eigenvalue weighted by Gasteiger charge is 2.34. The number of hydrogen-bond donors (Lipinski definition) is 6. The number of benzene rings is 4. The third-order valence-electron chi connectivity index (χ3n) is 6.46. The molecule has 236 valence electrons. The van der Waals surface area contributed by atoms with Crippen LogP contribution in [0.1, 0.15) is 0 Å². The van der Waals surface area contributed by atoms with Crippen molar-refractivity contribution in [2.24, 2.45) is 0 Å². The zero-order valence-corrected chi connectivity index (χ0v) is 26.3. The van der Waals surface area contributed by atoms with Crippen LogP contribution in [0.5, 0.6) is 0 Å². The molecule has 0 saturated carbocycles. The number of para-hydroxylation sites is 2. The Balaban J connectivity index is 1.42. The van der Waals surface area contributed by atoms with Gasteiger partial charge in [0.2, 0.25) is 11.6 Å². The van der Waals surface area contributed by atoms with Gasteiger partial charge in [-0.1, -0.05) is 59.6 Å². The summed E-state index contributed by atoms with van der Waals surface area (Å²) in [6.45, 7) is 0. The summed E-state index contributed by atoms with van der Waals surface area (Å²) >= 11 is 12.6. The number of carbonyl (C=O) groups is 2. The maximum absolute atomic E-state index is 13.2. The van der Waals surface area contributed by atoms with Crippen LogP contribution in [-0.2, 0) is 29.8 Å². The fraction of sp³-hybridized carbons (Fsp3) is 0. The highest BCUT2D eigenvalue weighted by atomic mass is 35.5. The van der Waals surface area contributed by atoms with Gasteiger partial charge in [0.15, 0.2) is 0 Å². The van der Waals surface area contributed by atoms with Crippen LogP contribution in [0.4, 0.5) is 34.1 Å². The molecule has 0 bridgehead atoms. The van der Waals surface area contributed by atoms with E-state index in [1.165, 1.54) is 24.3 Å². The molecule has 0 unspecified atom stereocenters. The first-order chi connectivity index (χ1) is 21.7. The smallest absolute Gasteiger partial charge is 0.296 e. The molecule has 4 aromatic rings. The molecule has 0 atom stereocenters. The summed E-state index contributed by atoms with van der Waals surface area (Å²) in [6.07, 6.45) is 0. The van der Waals surface area contributed by atoms with Crippen LogP contribution in [0.15, 0.2) is 128 Å². The Bertz CT molecular complexity index is 2000. The predicted octanol–water partition coefficient (Wildman–Crippen LogP) is 6.24. The second kappa shape index (κ2) is 13.0. The largest absolute Gasteiger partial charge is 0.354 e. The molecule has 0 radical (unpaired) electrons. The third-order valence-corrected chi connectivity index (χ3v) is 8.96. The molecule has 0 amide bonds. The number of ketones is 2. The first-order valence-electron chi connectivity index (χ1n) is 13.0. The molecule has 46 heavy (non-hydrogen) atoms. The molecule has 16 heteroatoms. The Labute approximate surface area is 273 Å². The lowest BCUT2D eigenvalue weighted by atomic mass is 10.0. The number of anilines is 6. The number of hydrogen-bond acceptors (Lipinski definition) is 10. The Morgan fingerprint density at radius 1 is 0.478 bits per heavy atom. The summed E-state index contributed by atoms with van der Waals surface area (Å²) in [5, 5.41) is 9.72. The van der Waals surface area contributed by atoms with Crippen LogP contribution in [0.2, 0.25) is 0 Å². The second-order valence-corrected chi connectivity index (χ2v) is 13.2. The van der Waals surface area contributed by atoms with Gasteiger partial charge < -0.3 is 21.3 Å². The second-order valence-electron chi connectivity index (χ2n) is 9.64. The highest BCUT2D eigenvalue weighted by Crippen LogP contribution is 2.35. The van der Waals surface area contributed by atoms with E-state index < -0.39 is 63.1 Å². The van der Waals surface area contributed by atoms with Crippen molar-refractivity contribution in [1.82, 2.24) is 0 Å². The molecule has 1 aliphatic carbocycles. The van der Waals surface area contributed by atoms with Crippen molar-refractivity contribution in [3.63, 3.8) is 0 Å². The third kappa shape index (κ3) is 7.23. The number of nitrogens with one attached hydrogen (secondary N) is 4. The summed E-state index contributed by atoms with van der Waals surface area (Å²) in [5.41, 5.74) is 0.125. The van der Waals surface area contributed by atoms with Gasteiger partial charge in [0.1, 0.15) is 31.2 Å². The fourth-order valence-electron chi connectivity index (χ4n) is 4.35. The number of allylic oxidation sites excluding steroid dienone is 2. The van der Waals surface area contributed by atoms with Crippen LogP contribution < -0.4 is 21.3 Å². The molecule has 12 nitrogen and oxygen atoms in total. The molecule has 0 fully saturated rings. The molecule has 0 aromatic heterocycles. The van der Waals surface area contributed by atoms with E-state index in [-0.39, 0.29) is 22.7 Å². The maximum atomic E-state index is 13.2. The Morgan fingerprint density at radius 3 is 1.15 bits per heavy atom. The zero-order chi connectivity index (χ0) is 33.2. The lowest BCUT2D eigenvalue weighted by molar-refractivity contribution is -0.115. The number of halogens is 2. The minimum absolute atomic E-state index is 0.0271. The molecular formula is C30H22Cl2N4O8S2. The normalized spacial score (nSPS) is 13.9. The van der Waals surface area contributed by atoms with Gasteiger partial charge in [0, 0.05) is 22.7 Å². The molecule has 0 spiro atoms. The average molecular weight is 702 g/mol. The molecule has 0 saturated heterocycles. The van der Waals surface area contributed by atoms with E-state index in [9.17, 15) is 35.5 Å². The van der Waals surface area contributed by atoms with Crippen LogP contribution in [-0.4, -0.2) is 37.5 Å². The number of carbonyl (C=O) groups excluding carboxylic acids is 2. The number of rotatable bonds is 10. The van der Waals surface area contributed by atoms with Gasteiger partial charge in [-0.25, -0.2) is 0 Å². The minimum atomic E-state index is -4.76. The van der Waals surface area contributed by atoms with Gasteiger partial charge in [0.25, 0.3) is 20.2 Å². The van der Waals surface area contributed by atoms with Crippen molar-refractivity contribution >= 4 is 89.1 Å². The summed E-state index contributed by atoms with van der Waals surface area (Å²) < 4.78 is 68.4. The summed E-state index contributed by atoms with van der Waals surface area (Å²) in [4.78, 5) is 25.4. The van der Waals surface area contributed by atoms with Crippen LogP contribution >= 0.6 is 23.2 Å². The highest BCUT2D eigenvalue weighted by molar-refractivity contribution is 7.86. The SMILES string of the molecule is O=C1C(Cl)=C(Nc2ccc(Nc3ccccc3)c(S(=O)(=O)O)c2)C(=O)C(Cl)=C1Nc1ccc(Nc2ccccc2)c(S(=O)(=O)O)c1. The first kappa shape index (κ1) is 32.7. The van der Waals surface area contributed by atoms with Crippen molar-refractivity contribution in [3.8, 4) is 0 Å². The zero-order valence-electron chi connectivity index (χ0n) is 23.2. The van der Waals surface area contributed by atoms with E-state index >= 15 is 0 Å². The van der Waals surface area contributed by atoms with Gasteiger partial charge in [-0.15, -0.1) is 0 Å². The summed E-state index contributed by atoms with van der Waals surface area (Å²) in [7, 11) is -9.52. The van der Waals surface area contributed by atoms with Crippen molar-refractivity contribution in [3.05, 3.63) is 119 Å². The molecular weight excluding hydrogens is 679 g/mol. The van der Waals surface area contributed by atoms with Crippen molar-refractivity contribution in [2.75, 3.05) is 21.3 Å². The first-order valence-corrected chi connectivity index (χ1v) is 16.7. The quantitative estimate of drug-likeness (QED) is 0.0807. The van der Waals surface area contributed by atoms with E-state index in [0.29, 0.717) is 11.4 Å². The maximum Gasteiger partial charge on any atom is 0.296 e. The van der Waals surface area contributed by atoms with Gasteiger partial charge in [-0.3, -0.25) is 18.7 Å². The minimum Gasteiger partial charge on any atom is -0.354 e. The molecule has 4 aromatic carbocycles. The standard InChI is InChI=1S/C30H22Cl2N4O8S2/c31-25-27(35-19-11-13-21(23(15-19)45(39,40)41)33-17-7-3-1-4-8-17)29(37)26(32)28(30(25)38)36-20-12-14-22(24(16-20)46(42,43)44)34-18-9-5-2-6-10-18/h1-16,33-36H,(H,39,40,41)(H,42,43,44). The van der Waals surface area contributed by atoms with Gasteiger partial charge in [-0.05, 0) is 60.7 Å². The van der Waals surface area contributed by atoms with Crippen molar-refractivity contribution < 1.29 is 35.5 Å². The lowest BCUT2D eigenvalue weighted by Crippen LogP contribution is -2.27. The van der Waals surface area contributed by atoms with Crippen LogP contribution in [0, 0.1) is 0 Å². The van der Waals surface area contributed by atoms with Crippen LogP contribution in [0.25, 0.3) is 0 Å². The Kier molecular flexibility index (Phi) is 9.21. The van der Waals surface area contributed by atoms with E-state index in [0.717, 1.165) is 12.1 Å². The topological polar surface area (TPSA) is 191 Å². The van der Waals surface area contributed by atoms with Crippen molar-refractivity contribution in [2.45, 2.75) is 9.79 Å². The van der Waals surface area contributed by atoms with E-state index in [1.807, 2.05) is 0 Å². The average Bonchev–Trinajstić information content (AvgIpc) is 3.01. The van der Waals surface area contributed by atoms with Gasteiger partial charge in [0.05, 0.1) is 11.4 Å². The van der Waals surface area contributed by atoms with Gasteiger partial charge in [-0.2, -0.15) is 16.8 Å². The molecule has 1 aliphatic rings. The lowest BCUT2D eigenvalue weighted by Gasteiger charge is -2.21. The molecule has 5 rings (SSSR count). The monoisotopic (exact) mass is 700 g/mol. The predicted molar refractivity (Wildman–Crippen MR) is 175 cm³/mol. The van der Waals surface area contributed by atoms with E-state index in [2.05, 4.69) is 21.3 Å².